The first-order chi connectivity index (χ1) is 12.0. The van der Waals surface area contributed by atoms with Gasteiger partial charge in [-0.2, -0.15) is 0 Å². The molecule has 0 aromatic heterocycles. The van der Waals surface area contributed by atoms with Crippen LogP contribution in [0.2, 0.25) is 0 Å². The third kappa shape index (κ3) is 4.53. The Morgan fingerprint density at radius 1 is 1.20 bits per heavy atom. The molecule has 0 aliphatic carbocycles. The second-order valence-electron chi connectivity index (χ2n) is 6.17. The number of ketones is 1. The molecule has 0 unspecified atom stereocenters. The minimum absolute atomic E-state index is 0.0993. The predicted octanol–water partition coefficient (Wildman–Crippen LogP) is 5.25. The lowest BCUT2D eigenvalue weighted by Crippen LogP contribution is -2.36. The van der Waals surface area contributed by atoms with Crippen LogP contribution in [0.4, 0.5) is 5.69 Å². The fraction of sp³-hybridized carbons (Fsp3) is 0.300. The molecular weight excluding hydrogens is 396 g/mol. The maximum Gasteiger partial charge on any atom is 0.182 e. The molecule has 0 radical (unpaired) electrons. The number of anilines is 1. The highest BCUT2D eigenvalue weighted by Gasteiger charge is 2.22. The molecule has 0 saturated carbocycles. The standard InChI is InChI=1S/C20H21BrN2OS/c1-14-4-5-15(2)18(12-14)23(20-22-10-3-11-25-20)13-19(24)16-6-8-17(21)9-7-16/h4-9,12H,3,10-11,13H2,1-2H3. The summed E-state index contributed by atoms with van der Waals surface area (Å²) < 4.78 is 0.975. The first-order valence-corrected chi connectivity index (χ1v) is 10.1. The van der Waals surface area contributed by atoms with Crippen LogP contribution in [0, 0.1) is 13.8 Å². The van der Waals surface area contributed by atoms with E-state index >= 15 is 0 Å². The summed E-state index contributed by atoms with van der Waals surface area (Å²) >= 11 is 5.15. The Labute approximate surface area is 161 Å². The van der Waals surface area contributed by atoms with E-state index in [0.29, 0.717) is 6.54 Å². The van der Waals surface area contributed by atoms with Crippen molar-refractivity contribution in [2.45, 2.75) is 20.3 Å². The van der Waals surface area contributed by atoms with E-state index in [1.807, 2.05) is 24.3 Å². The number of hydrogen-bond donors (Lipinski definition) is 0. The zero-order valence-electron chi connectivity index (χ0n) is 14.5. The fourth-order valence-corrected chi connectivity index (χ4v) is 3.97. The van der Waals surface area contributed by atoms with Crippen molar-refractivity contribution in [2.75, 3.05) is 23.7 Å². The summed E-state index contributed by atoms with van der Waals surface area (Å²) in [5.41, 5.74) is 4.13. The third-order valence-corrected chi connectivity index (χ3v) is 5.76. The molecule has 5 heteroatoms. The van der Waals surface area contributed by atoms with E-state index in [-0.39, 0.29) is 5.78 Å². The van der Waals surface area contributed by atoms with Crippen molar-refractivity contribution in [3.8, 4) is 0 Å². The van der Waals surface area contributed by atoms with Gasteiger partial charge in [-0.15, -0.1) is 0 Å². The molecule has 2 aromatic carbocycles. The van der Waals surface area contributed by atoms with Gasteiger partial charge in [-0.25, -0.2) is 0 Å². The van der Waals surface area contributed by atoms with Gasteiger partial charge in [0.15, 0.2) is 11.0 Å². The van der Waals surface area contributed by atoms with E-state index in [9.17, 15) is 4.79 Å². The molecule has 3 rings (SSSR count). The van der Waals surface area contributed by atoms with E-state index in [1.165, 1.54) is 5.56 Å². The smallest absolute Gasteiger partial charge is 0.182 e. The topological polar surface area (TPSA) is 32.7 Å². The third-order valence-electron chi connectivity index (χ3n) is 4.13. The van der Waals surface area contributed by atoms with Gasteiger partial charge in [-0.1, -0.05) is 52.0 Å². The zero-order valence-corrected chi connectivity index (χ0v) is 16.9. The highest BCUT2D eigenvalue weighted by atomic mass is 79.9. The van der Waals surface area contributed by atoms with Crippen LogP contribution in [0.25, 0.3) is 0 Å². The Kier molecular flexibility index (Phi) is 5.97. The Bertz CT molecular complexity index is 802. The number of rotatable bonds is 4. The summed E-state index contributed by atoms with van der Waals surface area (Å²) in [6, 6.07) is 13.9. The number of hydrogen-bond acceptors (Lipinski definition) is 4. The van der Waals surface area contributed by atoms with Crippen LogP contribution >= 0.6 is 27.7 Å². The van der Waals surface area contributed by atoms with E-state index in [4.69, 9.17) is 0 Å². The van der Waals surface area contributed by atoms with Crippen molar-refractivity contribution in [3.05, 3.63) is 63.6 Å². The molecule has 3 nitrogen and oxygen atoms in total. The van der Waals surface area contributed by atoms with Gasteiger partial charge in [0.1, 0.15) is 0 Å². The first-order valence-electron chi connectivity index (χ1n) is 8.35. The second-order valence-corrected chi connectivity index (χ2v) is 8.15. The van der Waals surface area contributed by atoms with Crippen LogP contribution in [-0.4, -0.2) is 29.8 Å². The number of Topliss-reactive ketones (excluding diaryl/α,β-unsaturated/α-hetero) is 1. The molecule has 0 saturated heterocycles. The Morgan fingerprint density at radius 2 is 1.96 bits per heavy atom. The van der Waals surface area contributed by atoms with Gasteiger partial charge in [0.05, 0.1) is 6.54 Å². The summed E-state index contributed by atoms with van der Waals surface area (Å²) in [6.45, 7) is 5.29. The quantitative estimate of drug-likeness (QED) is 0.638. The first kappa shape index (κ1) is 18.2. The molecule has 1 aliphatic heterocycles. The highest BCUT2D eigenvalue weighted by molar-refractivity contribution is 9.10. The van der Waals surface area contributed by atoms with Crippen molar-refractivity contribution in [2.24, 2.45) is 4.99 Å². The summed E-state index contributed by atoms with van der Waals surface area (Å²) in [5.74, 6) is 1.15. The summed E-state index contributed by atoms with van der Waals surface area (Å²) in [5, 5.41) is 0.949. The minimum atomic E-state index is 0.0993. The number of thioether (sulfide) groups is 1. The number of nitrogens with zero attached hydrogens (tertiary/aromatic N) is 2. The van der Waals surface area contributed by atoms with E-state index < -0.39 is 0 Å². The molecule has 25 heavy (non-hydrogen) atoms. The number of benzene rings is 2. The molecule has 1 heterocycles. The van der Waals surface area contributed by atoms with Crippen LogP contribution in [0.3, 0.4) is 0 Å². The molecule has 0 N–H and O–H groups in total. The number of carbonyl (C=O) groups is 1. The molecule has 0 atom stereocenters. The lowest BCUT2D eigenvalue weighted by molar-refractivity contribution is 0.100. The molecule has 0 amide bonds. The number of carbonyl (C=O) groups excluding carboxylic acids is 1. The maximum atomic E-state index is 12.9. The Balaban J connectivity index is 1.93. The molecule has 1 aliphatic rings. The van der Waals surface area contributed by atoms with Crippen LogP contribution < -0.4 is 4.90 Å². The van der Waals surface area contributed by atoms with Gasteiger partial charge in [-0.05, 0) is 49.6 Å². The minimum Gasteiger partial charge on any atom is -0.313 e. The summed E-state index contributed by atoms with van der Waals surface area (Å²) in [7, 11) is 0. The summed E-state index contributed by atoms with van der Waals surface area (Å²) in [4.78, 5) is 19.6. The fourth-order valence-electron chi connectivity index (χ4n) is 2.75. The van der Waals surface area contributed by atoms with E-state index in [2.05, 4.69) is 57.9 Å². The second kappa shape index (κ2) is 8.19. The van der Waals surface area contributed by atoms with Crippen LogP contribution in [-0.2, 0) is 0 Å². The molecular formula is C20H21BrN2OS. The zero-order chi connectivity index (χ0) is 17.8. The predicted molar refractivity (Wildman–Crippen MR) is 111 cm³/mol. The number of amidine groups is 1. The van der Waals surface area contributed by atoms with Crippen LogP contribution in [0.5, 0.6) is 0 Å². The summed E-state index contributed by atoms with van der Waals surface area (Å²) in [6.07, 6.45) is 1.09. The van der Waals surface area contributed by atoms with Gasteiger partial charge in [0.25, 0.3) is 0 Å². The molecule has 0 spiro atoms. The van der Waals surface area contributed by atoms with Gasteiger partial charge in [0, 0.05) is 28.0 Å². The van der Waals surface area contributed by atoms with Gasteiger partial charge in [0.2, 0.25) is 0 Å². The SMILES string of the molecule is Cc1ccc(C)c(N(CC(=O)c2ccc(Br)cc2)C2=NCCCS2)c1. The molecule has 130 valence electrons. The van der Waals surface area contributed by atoms with Crippen molar-refractivity contribution < 1.29 is 4.79 Å². The number of aliphatic imine (C=N–C) groups is 1. The monoisotopic (exact) mass is 416 g/mol. The van der Waals surface area contributed by atoms with Crippen molar-refractivity contribution in [3.63, 3.8) is 0 Å². The van der Waals surface area contributed by atoms with Gasteiger partial charge >= 0.3 is 0 Å². The van der Waals surface area contributed by atoms with Crippen molar-refractivity contribution in [1.82, 2.24) is 0 Å². The van der Waals surface area contributed by atoms with Crippen molar-refractivity contribution in [1.29, 1.82) is 0 Å². The maximum absolute atomic E-state index is 12.9. The Hall–Kier alpha value is -1.59. The van der Waals surface area contributed by atoms with Crippen molar-refractivity contribution >= 4 is 44.3 Å². The van der Waals surface area contributed by atoms with E-state index in [1.54, 1.807) is 11.8 Å². The van der Waals surface area contributed by atoms with E-state index in [0.717, 1.165) is 45.2 Å². The average molecular weight is 417 g/mol. The largest absolute Gasteiger partial charge is 0.313 e. The molecule has 0 fully saturated rings. The van der Waals surface area contributed by atoms with Crippen LogP contribution in [0.15, 0.2) is 51.9 Å². The molecule has 0 bridgehead atoms. The van der Waals surface area contributed by atoms with Gasteiger partial charge in [-0.3, -0.25) is 9.79 Å². The number of halogens is 1. The average Bonchev–Trinajstić information content (AvgIpc) is 2.63. The lowest BCUT2D eigenvalue weighted by atomic mass is 10.1. The number of aryl methyl sites for hydroxylation is 2. The normalized spacial score (nSPS) is 14.1. The highest BCUT2D eigenvalue weighted by Crippen LogP contribution is 2.27. The molecule has 2 aromatic rings. The van der Waals surface area contributed by atoms with Crippen LogP contribution in [0.1, 0.15) is 27.9 Å². The van der Waals surface area contributed by atoms with Gasteiger partial charge < -0.3 is 4.90 Å². The lowest BCUT2D eigenvalue weighted by Gasteiger charge is -2.28. The Morgan fingerprint density at radius 3 is 2.64 bits per heavy atom.